The van der Waals surface area contributed by atoms with E-state index in [2.05, 4.69) is 38.9 Å². The van der Waals surface area contributed by atoms with Gasteiger partial charge in [0.2, 0.25) is 5.16 Å². The summed E-state index contributed by atoms with van der Waals surface area (Å²) >= 11 is 3.13. The van der Waals surface area contributed by atoms with Gasteiger partial charge in [0.05, 0.1) is 0 Å². The second-order valence-electron chi connectivity index (χ2n) is 4.50. The predicted molar refractivity (Wildman–Crippen MR) is 81.8 cm³/mol. The lowest BCUT2D eigenvalue weighted by Gasteiger charge is -1.99. The van der Waals surface area contributed by atoms with Gasteiger partial charge in [-0.15, -0.1) is 16.4 Å². The molecule has 104 valence electrons. The van der Waals surface area contributed by atoms with Crippen molar-refractivity contribution in [3.8, 4) is 0 Å². The van der Waals surface area contributed by atoms with Gasteiger partial charge in [-0.05, 0) is 37.2 Å². The zero-order valence-corrected chi connectivity index (χ0v) is 12.9. The molecule has 0 fully saturated rings. The van der Waals surface area contributed by atoms with Crippen LogP contribution in [-0.2, 0) is 0 Å². The Morgan fingerprint density at radius 2 is 2.10 bits per heavy atom. The van der Waals surface area contributed by atoms with Crippen molar-refractivity contribution in [2.24, 2.45) is 0 Å². The number of aromatic nitrogens is 6. The molecule has 0 saturated heterocycles. The van der Waals surface area contributed by atoms with Crippen LogP contribution in [0.2, 0.25) is 0 Å². The monoisotopic (exact) mass is 314 g/mol. The lowest BCUT2D eigenvalue weighted by molar-refractivity contribution is 0.878. The summed E-state index contributed by atoms with van der Waals surface area (Å²) in [5.74, 6) is 0.587. The maximum Gasteiger partial charge on any atom is 0.253 e. The molecule has 4 heterocycles. The van der Waals surface area contributed by atoms with E-state index in [1.807, 2.05) is 12.3 Å². The lowest BCUT2D eigenvalue weighted by atomic mass is 10.2. The van der Waals surface area contributed by atoms with E-state index in [9.17, 15) is 0 Å². The van der Waals surface area contributed by atoms with Gasteiger partial charge in [-0.25, -0.2) is 19.5 Å². The molecule has 0 aromatic carbocycles. The molecule has 8 heteroatoms. The number of rotatable bonds is 2. The van der Waals surface area contributed by atoms with Crippen molar-refractivity contribution in [2.45, 2.75) is 24.0 Å². The first kappa shape index (κ1) is 12.7. The van der Waals surface area contributed by atoms with Crippen LogP contribution in [0.3, 0.4) is 0 Å². The summed E-state index contributed by atoms with van der Waals surface area (Å²) in [5, 5.41) is 7.02. The van der Waals surface area contributed by atoms with Gasteiger partial charge in [0.15, 0.2) is 0 Å². The molecule has 0 bridgehead atoms. The number of hydrogen-bond donors (Lipinski definition) is 0. The second kappa shape index (κ2) is 4.74. The van der Waals surface area contributed by atoms with Gasteiger partial charge >= 0.3 is 0 Å². The first-order chi connectivity index (χ1) is 10.2. The average molecular weight is 314 g/mol. The number of thiophene rings is 1. The number of fused-ring (bicyclic) bond motifs is 2. The van der Waals surface area contributed by atoms with E-state index in [4.69, 9.17) is 0 Å². The summed E-state index contributed by atoms with van der Waals surface area (Å²) in [6.45, 7) is 4.20. The number of hydrogen-bond acceptors (Lipinski definition) is 7. The summed E-state index contributed by atoms with van der Waals surface area (Å²) in [4.78, 5) is 19.6. The van der Waals surface area contributed by atoms with Gasteiger partial charge in [-0.2, -0.15) is 4.98 Å². The molecule has 0 atom stereocenters. The molecule has 0 aliphatic rings. The Kier molecular flexibility index (Phi) is 2.86. The molecule has 0 radical (unpaired) electrons. The molecule has 0 saturated carbocycles. The maximum atomic E-state index is 4.40. The SMILES string of the molecule is Cc1sc2ncnc(Sc3nc4ncccn4n3)c2c1C. The molecular formula is C13H10N6S2. The molecule has 0 amide bonds. The van der Waals surface area contributed by atoms with E-state index in [-0.39, 0.29) is 0 Å². The highest BCUT2D eigenvalue weighted by Crippen LogP contribution is 2.36. The highest BCUT2D eigenvalue weighted by Gasteiger charge is 2.15. The quantitative estimate of drug-likeness (QED) is 0.530. The topological polar surface area (TPSA) is 68.9 Å². The van der Waals surface area contributed by atoms with Crippen molar-refractivity contribution in [2.75, 3.05) is 0 Å². The Morgan fingerprint density at radius 1 is 1.19 bits per heavy atom. The minimum atomic E-state index is 0.587. The van der Waals surface area contributed by atoms with Gasteiger partial charge in [0.25, 0.3) is 5.78 Å². The third kappa shape index (κ3) is 2.07. The van der Waals surface area contributed by atoms with Gasteiger partial charge in [0, 0.05) is 22.7 Å². The Balaban J connectivity index is 1.83. The highest BCUT2D eigenvalue weighted by molar-refractivity contribution is 7.99. The van der Waals surface area contributed by atoms with E-state index >= 15 is 0 Å². The Hall–Kier alpha value is -2.06. The average Bonchev–Trinajstić information content (AvgIpc) is 3.01. The largest absolute Gasteiger partial charge is 0.253 e. The van der Waals surface area contributed by atoms with E-state index in [1.54, 1.807) is 28.4 Å². The molecule has 0 aliphatic heterocycles. The van der Waals surface area contributed by atoms with Crippen LogP contribution in [-0.4, -0.2) is 29.5 Å². The number of aryl methyl sites for hydroxylation is 2. The van der Waals surface area contributed by atoms with Crippen LogP contribution >= 0.6 is 23.1 Å². The van der Waals surface area contributed by atoms with Gasteiger partial charge in [0.1, 0.15) is 16.2 Å². The first-order valence-electron chi connectivity index (χ1n) is 6.28. The summed E-state index contributed by atoms with van der Waals surface area (Å²) in [5.41, 5.74) is 1.22. The maximum absolute atomic E-state index is 4.40. The predicted octanol–water partition coefficient (Wildman–Crippen LogP) is 2.90. The number of nitrogens with zero attached hydrogens (tertiary/aromatic N) is 6. The van der Waals surface area contributed by atoms with Crippen molar-refractivity contribution in [3.05, 3.63) is 35.2 Å². The minimum absolute atomic E-state index is 0.587. The Labute approximate surface area is 128 Å². The van der Waals surface area contributed by atoms with Gasteiger partial charge in [-0.3, -0.25) is 0 Å². The molecule has 0 N–H and O–H groups in total. The molecule has 4 aromatic heterocycles. The molecule has 4 aromatic rings. The fourth-order valence-electron chi connectivity index (χ4n) is 2.07. The highest BCUT2D eigenvalue weighted by atomic mass is 32.2. The summed E-state index contributed by atoms with van der Waals surface area (Å²) in [7, 11) is 0. The van der Waals surface area contributed by atoms with E-state index in [1.165, 1.54) is 22.2 Å². The lowest BCUT2D eigenvalue weighted by Crippen LogP contribution is -1.88. The van der Waals surface area contributed by atoms with Crippen LogP contribution in [0.25, 0.3) is 16.0 Å². The first-order valence-corrected chi connectivity index (χ1v) is 7.91. The smallest absolute Gasteiger partial charge is 0.229 e. The third-order valence-corrected chi connectivity index (χ3v) is 5.19. The molecule has 6 nitrogen and oxygen atoms in total. The molecule has 21 heavy (non-hydrogen) atoms. The molecule has 0 aliphatic carbocycles. The van der Waals surface area contributed by atoms with Crippen LogP contribution < -0.4 is 0 Å². The van der Waals surface area contributed by atoms with Crippen LogP contribution in [0.5, 0.6) is 0 Å². The standard InChI is InChI=1S/C13H10N6S2/c1-7-8(2)20-10-9(7)11(16-6-15-10)21-13-17-12-14-4-3-5-19(12)18-13/h3-6H,1-2H3. The fourth-order valence-corrected chi connectivity index (χ4v) is 4.01. The normalized spacial score (nSPS) is 11.5. The third-order valence-electron chi connectivity index (χ3n) is 3.22. The van der Waals surface area contributed by atoms with Gasteiger partial charge in [-0.1, -0.05) is 0 Å². The van der Waals surface area contributed by atoms with Crippen LogP contribution in [0.1, 0.15) is 10.4 Å². The van der Waals surface area contributed by atoms with Crippen LogP contribution in [0, 0.1) is 13.8 Å². The zero-order valence-electron chi connectivity index (χ0n) is 11.3. The molecule has 0 unspecified atom stereocenters. The summed E-state index contributed by atoms with van der Waals surface area (Å²) < 4.78 is 1.66. The van der Waals surface area contributed by atoms with Gasteiger partial charge < -0.3 is 0 Å². The summed E-state index contributed by atoms with van der Waals surface area (Å²) in [6, 6.07) is 1.82. The Bertz CT molecular complexity index is 925. The van der Waals surface area contributed by atoms with Crippen LogP contribution in [0.4, 0.5) is 0 Å². The zero-order chi connectivity index (χ0) is 14.4. The van der Waals surface area contributed by atoms with Crippen molar-refractivity contribution >= 4 is 39.1 Å². The van der Waals surface area contributed by atoms with Crippen LogP contribution in [0.15, 0.2) is 35.0 Å². The fraction of sp³-hybridized carbons (Fsp3) is 0.154. The van der Waals surface area contributed by atoms with E-state index in [0.29, 0.717) is 10.9 Å². The molecule has 4 rings (SSSR count). The van der Waals surface area contributed by atoms with E-state index in [0.717, 1.165) is 15.2 Å². The Morgan fingerprint density at radius 3 is 2.95 bits per heavy atom. The van der Waals surface area contributed by atoms with Crippen molar-refractivity contribution in [1.82, 2.24) is 29.5 Å². The summed E-state index contributed by atoms with van der Waals surface area (Å²) in [6.07, 6.45) is 5.12. The van der Waals surface area contributed by atoms with Crippen molar-refractivity contribution < 1.29 is 0 Å². The second-order valence-corrected chi connectivity index (χ2v) is 6.66. The molecule has 0 spiro atoms. The van der Waals surface area contributed by atoms with Crippen molar-refractivity contribution in [3.63, 3.8) is 0 Å². The minimum Gasteiger partial charge on any atom is -0.229 e. The van der Waals surface area contributed by atoms with Crippen molar-refractivity contribution in [1.29, 1.82) is 0 Å². The van der Waals surface area contributed by atoms with E-state index < -0.39 is 0 Å². The molecular weight excluding hydrogens is 304 g/mol.